The van der Waals surface area contributed by atoms with E-state index in [-0.39, 0.29) is 6.08 Å². The van der Waals surface area contributed by atoms with E-state index in [1.165, 1.54) is 0 Å². The van der Waals surface area contributed by atoms with Crippen molar-refractivity contribution in [1.82, 2.24) is 0 Å². The third kappa shape index (κ3) is 1.92. The van der Waals surface area contributed by atoms with Crippen molar-refractivity contribution in [2.24, 2.45) is 0 Å². The first kappa shape index (κ1) is 11.3. The van der Waals surface area contributed by atoms with Gasteiger partial charge in [0.1, 0.15) is 0 Å². The quantitative estimate of drug-likeness (QED) is 0.465. The molecule has 0 N–H and O–H groups in total. The molecule has 0 radical (unpaired) electrons. The zero-order valence-corrected chi connectivity index (χ0v) is 6.00. The Bertz CT molecular complexity index is 169. The lowest BCUT2D eigenvalue weighted by molar-refractivity contribution is -0.247. The molecule has 0 spiro atoms. The summed E-state index contributed by atoms with van der Waals surface area (Å²) in [6.07, 6.45) is -9.28. The van der Waals surface area contributed by atoms with Crippen LogP contribution in [0.3, 0.4) is 0 Å². The molecule has 0 aliphatic rings. The van der Waals surface area contributed by atoms with Gasteiger partial charge in [-0.3, -0.25) is 0 Å². The second-order valence-corrected chi connectivity index (χ2v) is 2.07. The van der Waals surface area contributed by atoms with Crippen LogP contribution in [0.1, 0.15) is 6.92 Å². The number of hydrogen-bond donors (Lipinski definition) is 0. The summed E-state index contributed by atoms with van der Waals surface area (Å²) in [7, 11) is 0. The number of rotatable bonds is 2. The Morgan fingerprint density at radius 2 is 1.50 bits per heavy atom. The predicted octanol–water partition coefficient (Wildman–Crippen LogP) is 3.10. The van der Waals surface area contributed by atoms with Crippen molar-refractivity contribution in [3.05, 3.63) is 12.2 Å². The van der Waals surface area contributed by atoms with Gasteiger partial charge in [-0.2, -0.15) is 13.2 Å². The van der Waals surface area contributed by atoms with Gasteiger partial charge in [-0.15, -0.1) is 0 Å². The van der Waals surface area contributed by atoms with Crippen molar-refractivity contribution in [3.63, 3.8) is 0 Å². The van der Waals surface area contributed by atoms with Crippen LogP contribution in [0, 0.1) is 0 Å². The summed E-state index contributed by atoms with van der Waals surface area (Å²) in [4.78, 5) is 0. The zero-order valence-electron chi connectivity index (χ0n) is 6.00. The van der Waals surface area contributed by atoms with Gasteiger partial charge in [-0.25, -0.2) is 13.2 Å². The Balaban J connectivity index is 4.88. The van der Waals surface area contributed by atoms with E-state index in [0.29, 0.717) is 6.08 Å². The lowest BCUT2D eigenvalue weighted by Crippen LogP contribution is -2.45. The fourth-order valence-corrected chi connectivity index (χ4v) is 0.534. The van der Waals surface area contributed by atoms with Gasteiger partial charge in [0.25, 0.3) is 12.1 Å². The highest BCUT2D eigenvalue weighted by molar-refractivity contribution is 5.07. The standard InChI is InChI=1S/C6H6F6/c1-2-3-5(9,4(7)8)6(10,11)12/h2-4H,1H3. The van der Waals surface area contributed by atoms with Crippen LogP contribution in [0.5, 0.6) is 0 Å². The first-order valence-electron chi connectivity index (χ1n) is 2.93. The summed E-state index contributed by atoms with van der Waals surface area (Å²) in [6.45, 7) is 1.03. The van der Waals surface area contributed by atoms with E-state index in [0.717, 1.165) is 6.92 Å². The van der Waals surface area contributed by atoms with Crippen molar-refractivity contribution in [2.45, 2.75) is 25.2 Å². The summed E-state index contributed by atoms with van der Waals surface area (Å²) in [6, 6.07) is 0. The predicted molar refractivity (Wildman–Crippen MR) is 30.7 cm³/mol. The molecule has 0 bridgehead atoms. The third-order valence-electron chi connectivity index (χ3n) is 1.16. The summed E-state index contributed by atoms with van der Waals surface area (Å²) < 4.78 is 70.6. The molecule has 0 nitrogen and oxygen atoms in total. The maximum absolute atomic E-state index is 12.5. The van der Waals surface area contributed by atoms with Gasteiger partial charge in [0, 0.05) is 0 Å². The van der Waals surface area contributed by atoms with Crippen LogP contribution < -0.4 is 0 Å². The first-order chi connectivity index (χ1) is 5.25. The van der Waals surface area contributed by atoms with Crippen LogP contribution in [-0.4, -0.2) is 18.3 Å². The van der Waals surface area contributed by atoms with Gasteiger partial charge in [0.05, 0.1) is 0 Å². The molecule has 0 saturated heterocycles. The molecule has 1 unspecified atom stereocenters. The van der Waals surface area contributed by atoms with Crippen molar-refractivity contribution >= 4 is 0 Å². The number of alkyl halides is 6. The van der Waals surface area contributed by atoms with Gasteiger partial charge in [0.15, 0.2) is 0 Å². The van der Waals surface area contributed by atoms with Crippen LogP contribution >= 0.6 is 0 Å². The minimum atomic E-state index is -5.58. The Labute approximate surface area is 64.9 Å². The van der Waals surface area contributed by atoms with Crippen molar-refractivity contribution < 1.29 is 26.3 Å². The van der Waals surface area contributed by atoms with E-state index in [4.69, 9.17) is 0 Å². The van der Waals surface area contributed by atoms with E-state index >= 15 is 0 Å². The van der Waals surface area contributed by atoms with E-state index in [1.807, 2.05) is 0 Å². The monoisotopic (exact) mass is 192 g/mol. The Hall–Kier alpha value is -0.680. The third-order valence-corrected chi connectivity index (χ3v) is 1.16. The zero-order chi connectivity index (χ0) is 9.99. The highest BCUT2D eigenvalue weighted by Gasteiger charge is 2.60. The van der Waals surface area contributed by atoms with Gasteiger partial charge in [-0.1, -0.05) is 6.08 Å². The van der Waals surface area contributed by atoms with Crippen molar-refractivity contribution in [3.8, 4) is 0 Å². The second-order valence-electron chi connectivity index (χ2n) is 2.07. The molecule has 0 aliphatic carbocycles. The molecule has 72 valence electrons. The van der Waals surface area contributed by atoms with Crippen molar-refractivity contribution in [2.75, 3.05) is 0 Å². The van der Waals surface area contributed by atoms with Gasteiger partial charge < -0.3 is 0 Å². The molecular weight excluding hydrogens is 186 g/mol. The fraction of sp³-hybridized carbons (Fsp3) is 0.667. The maximum atomic E-state index is 12.5. The number of halogens is 6. The van der Waals surface area contributed by atoms with E-state index in [9.17, 15) is 26.3 Å². The molecule has 0 heterocycles. The van der Waals surface area contributed by atoms with E-state index < -0.39 is 18.3 Å². The lowest BCUT2D eigenvalue weighted by atomic mass is 10.1. The molecule has 0 rings (SSSR count). The van der Waals surface area contributed by atoms with Crippen LogP contribution in [-0.2, 0) is 0 Å². The van der Waals surface area contributed by atoms with Crippen LogP contribution in [0.4, 0.5) is 26.3 Å². The maximum Gasteiger partial charge on any atom is 0.431 e. The fourth-order valence-electron chi connectivity index (χ4n) is 0.534. The molecule has 0 fully saturated rings. The van der Waals surface area contributed by atoms with E-state index in [2.05, 4.69) is 0 Å². The normalized spacial score (nSPS) is 18.7. The Morgan fingerprint density at radius 1 is 1.08 bits per heavy atom. The molecule has 0 aromatic heterocycles. The highest BCUT2D eigenvalue weighted by Crippen LogP contribution is 2.39. The van der Waals surface area contributed by atoms with Gasteiger partial charge in [0.2, 0.25) is 0 Å². The first-order valence-corrected chi connectivity index (χ1v) is 2.93. The number of hydrogen-bond acceptors (Lipinski definition) is 0. The van der Waals surface area contributed by atoms with Gasteiger partial charge in [-0.05, 0) is 13.0 Å². The van der Waals surface area contributed by atoms with Crippen LogP contribution in [0.2, 0.25) is 0 Å². The minimum absolute atomic E-state index is 0.197. The highest BCUT2D eigenvalue weighted by atomic mass is 19.4. The largest absolute Gasteiger partial charge is 0.431 e. The smallest absolute Gasteiger partial charge is 0.223 e. The molecular formula is C6H6F6. The summed E-state index contributed by atoms with van der Waals surface area (Å²) >= 11 is 0. The second kappa shape index (κ2) is 3.37. The molecule has 1 atom stereocenters. The number of allylic oxidation sites excluding steroid dienone is 2. The summed E-state index contributed by atoms with van der Waals surface area (Å²) in [5, 5.41) is 0. The summed E-state index contributed by atoms with van der Waals surface area (Å²) in [5.41, 5.74) is -4.53. The molecule has 0 saturated carbocycles. The van der Waals surface area contributed by atoms with E-state index in [1.54, 1.807) is 0 Å². The molecule has 0 amide bonds. The van der Waals surface area contributed by atoms with Gasteiger partial charge >= 0.3 is 6.18 Å². The van der Waals surface area contributed by atoms with Crippen LogP contribution in [0.25, 0.3) is 0 Å². The Kier molecular flexibility index (Phi) is 3.17. The average Bonchev–Trinajstić information content (AvgIpc) is 1.85. The molecule has 12 heavy (non-hydrogen) atoms. The Morgan fingerprint density at radius 3 is 1.58 bits per heavy atom. The molecule has 6 heteroatoms. The summed E-state index contributed by atoms with van der Waals surface area (Å²) in [5.74, 6) is 0. The minimum Gasteiger partial charge on any atom is -0.223 e. The topological polar surface area (TPSA) is 0 Å². The average molecular weight is 192 g/mol. The van der Waals surface area contributed by atoms with Crippen molar-refractivity contribution in [1.29, 1.82) is 0 Å². The molecule has 0 aromatic carbocycles. The lowest BCUT2D eigenvalue weighted by Gasteiger charge is -2.23. The van der Waals surface area contributed by atoms with Crippen LogP contribution in [0.15, 0.2) is 12.2 Å². The molecule has 0 aliphatic heterocycles. The molecule has 0 aromatic rings. The SMILES string of the molecule is CC=CC(F)(C(F)F)C(F)(F)F.